The molecule has 0 saturated heterocycles. The van der Waals surface area contributed by atoms with Gasteiger partial charge in [0.2, 0.25) is 0 Å². The minimum Gasteiger partial charge on any atom is -0.374 e. The number of hydrogen-bond donors (Lipinski definition) is 1. The van der Waals surface area contributed by atoms with Crippen LogP contribution < -0.4 is 5.32 Å². The summed E-state index contributed by atoms with van der Waals surface area (Å²) in [6.07, 6.45) is 0. The summed E-state index contributed by atoms with van der Waals surface area (Å²) in [5.41, 5.74) is 0.239. The number of benzene rings is 1. The maximum atomic E-state index is 12.6. The normalized spacial score (nSPS) is 11.3. The van der Waals surface area contributed by atoms with Crippen molar-refractivity contribution in [3.8, 4) is 0 Å². The zero-order valence-corrected chi connectivity index (χ0v) is 10.4. The van der Waals surface area contributed by atoms with Gasteiger partial charge in [-0.3, -0.25) is 4.79 Å². The van der Waals surface area contributed by atoms with Crippen molar-refractivity contribution < 1.29 is 13.9 Å². The van der Waals surface area contributed by atoms with Gasteiger partial charge in [-0.25, -0.2) is 4.39 Å². The molecule has 0 aliphatic carbocycles. The lowest BCUT2D eigenvalue weighted by molar-refractivity contribution is -0.000653. The number of carbonyl (C=O) groups excluding carboxylic acids is 1. The van der Waals surface area contributed by atoms with Gasteiger partial charge in [-0.2, -0.15) is 0 Å². The van der Waals surface area contributed by atoms with Gasteiger partial charge in [-0.05, 0) is 45.0 Å². The minimum atomic E-state index is -0.349. The summed E-state index contributed by atoms with van der Waals surface area (Å²) in [7, 11) is 0. The van der Waals surface area contributed by atoms with Crippen LogP contribution in [0, 0.1) is 5.82 Å². The van der Waals surface area contributed by atoms with Crippen LogP contribution in [0.1, 0.15) is 31.1 Å². The standard InChI is InChI=1S/C13H18FNO2/c1-13(2,3)17-9-8-15-12(16)10-4-6-11(14)7-5-10/h4-7H,8-9H2,1-3H3,(H,15,16). The summed E-state index contributed by atoms with van der Waals surface area (Å²) in [5, 5.41) is 2.70. The fraction of sp³-hybridized carbons (Fsp3) is 0.462. The molecule has 0 fully saturated rings. The second-order valence-corrected chi connectivity index (χ2v) is 4.72. The fourth-order valence-electron chi connectivity index (χ4n) is 1.23. The first kappa shape index (κ1) is 13.6. The molecule has 1 rings (SSSR count). The van der Waals surface area contributed by atoms with E-state index in [1.807, 2.05) is 20.8 Å². The molecular weight excluding hydrogens is 221 g/mol. The first-order valence-electron chi connectivity index (χ1n) is 5.56. The molecule has 94 valence electrons. The smallest absolute Gasteiger partial charge is 0.251 e. The Balaban J connectivity index is 2.33. The van der Waals surface area contributed by atoms with E-state index < -0.39 is 0 Å². The van der Waals surface area contributed by atoms with Crippen LogP contribution in [0.2, 0.25) is 0 Å². The zero-order chi connectivity index (χ0) is 12.9. The van der Waals surface area contributed by atoms with E-state index in [0.717, 1.165) is 0 Å². The van der Waals surface area contributed by atoms with Gasteiger partial charge < -0.3 is 10.1 Å². The Morgan fingerprint density at radius 1 is 1.29 bits per heavy atom. The average Bonchev–Trinajstić information content (AvgIpc) is 2.24. The number of rotatable bonds is 4. The van der Waals surface area contributed by atoms with Crippen molar-refractivity contribution in [1.82, 2.24) is 5.32 Å². The molecule has 0 unspecified atom stereocenters. The summed E-state index contributed by atoms with van der Waals surface area (Å²) in [5.74, 6) is -0.569. The Hall–Kier alpha value is -1.42. The Kier molecular flexibility index (Phi) is 4.63. The van der Waals surface area contributed by atoms with Crippen LogP contribution in [0.3, 0.4) is 0 Å². The first-order valence-corrected chi connectivity index (χ1v) is 5.56. The van der Waals surface area contributed by atoms with E-state index in [9.17, 15) is 9.18 Å². The van der Waals surface area contributed by atoms with Gasteiger partial charge in [-0.1, -0.05) is 0 Å². The Morgan fingerprint density at radius 2 is 1.88 bits per heavy atom. The zero-order valence-electron chi connectivity index (χ0n) is 10.4. The maximum absolute atomic E-state index is 12.6. The third-order valence-corrected chi connectivity index (χ3v) is 2.03. The first-order chi connectivity index (χ1) is 7.88. The van der Waals surface area contributed by atoms with Gasteiger partial charge in [-0.15, -0.1) is 0 Å². The lowest BCUT2D eigenvalue weighted by Crippen LogP contribution is -2.30. The number of carbonyl (C=O) groups is 1. The van der Waals surface area contributed by atoms with Gasteiger partial charge in [0.05, 0.1) is 12.2 Å². The third-order valence-electron chi connectivity index (χ3n) is 2.03. The van der Waals surface area contributed by atoms with Crippen LogP contribution in [0.4, 0.5) is 4.39 Å². The van der Waals surface area contributed by atoms with Crippen molar-refractivity contribution in [1.29, 1.82) is 0 Å². The molecule has 3 nitrogen and oxygen atoms in total. The molecule has 0 spiro atoms. The van der Waals surface area contributed by atoms with Crippen LogP contribution in [0.25, 0.3) is 0 Å². The molecule has 0 atom stereocenters. The SMILES string of the molecule is CC(C)(C)OCCNC(=O)c1ccc(F)cc1. The summed E-state index contributed by atoms with van der Waals surface area (Å²) >= 11 is 0. The third kappa shape index (κ3) is 5.45. The predicted octanol–water partition coefficient (Wildman–Crippen LogP) is 2.37. The highest BCUT2D eigenvalue weighted by atomic mass is 19.1. The number of ether oxygens (including phenoxy) is 1. The van der Waals surface area contributed by atoms with Gasteiger partial charge in [0, 0.05) is 12.1 Å². The fourth-order valence-corrected chi connectivity index (χ4v) is 1.23. The van der Waals surface area contributed by atoms with E-state index in [1.165, 1.54) is 24.3 Å². The van der Waals surface area contributed by atoms with Crippen LogP contribution in [0.15, 0.2) is 24.3 Å². The van der Waals surface area contributed by atoms with Crippen LogP contribution in [0.5, 0.6) is 0 Å². The highest BCUT2D eigenvalue weighted by molar-refractivity contribution is 5.94. The molecule has 1 amide bonds. The number of halogens is 1. The molecule has 0 aromatic heterocycles. The molecule has 0 aliphatic heterocycles. The van der Waals surface area contributed by atoms with Crippen molar-refractivity contribution in [3.05, 3.63) is 35.6 Å². The second kappa shape index (κ2) is 5.77. The predicted molar refractivity (Wildman–Crippen MR) is 64.4 cm³/mol. The van der Waals surface area contributed by atoms with Crippen LogP contribution in [-0.4, -0.2) is 24.7 Å². The molecule has 0 radical (unpaired) electrons. The quantitative estimate of drug-likeness (QED) is 0.819. The molecular formula is C13H18FNO2. The van der Waals surface area contributed by atoms with Crippen molar-refractivity contribution in [3.63, 3.8) is 0 Å². The van der Waals surface area contributed by atoms with Gasteiger partial charge in [0.25, 0.3) is 5.91 Å². The molecule has 17 heavy (non-hydrogen) atoms. The Bertz CT molecular complexity index is 368. The van der Waals surface area contributed by atoms with E-state index in [1.54, 1.807) is 0 Å². The number of nitrogens with one attached hydrogen (secondary N) is 1. The monoisotopic (exact) mass is 239 g/mol. The highest BCUT2D eigenvalue weighted by Gasteiger charge is 2.10. The van der Waals surface area contributed by atoms with Gasteiger partial charge in [0.15, 0.2) is 0 Å². The largest absolute Gasteiger partial charge is 0.374 e. The van der Waals surface area contributed by atoms with Crippen molar-refractivity contribution >= 4 is 5.91 Å². The molecule has 1 aromatic rings. The molecule has 0 heterocycles. The van der Waals surface area contributed by atoms with Crippen LogP contribution >= 0.6 is 0 Å². The van der Waals surface area contributed by atoms with E-state index in [2.05, 4.69) is 5.32 Å². The highest BCUT2D eigenvalue weighted by Crippen LogP contribution is 2.05. The van der Waals surface area contributed by atoms with Crippen molar-refractivity contribution in [2.24, 2.45) is 0 Å². The average molecular weight is 239 g/mol. The Labute approximate surface area is 101 Å². The lowest BCUT2D eigenvalue weighted by atomic mass is 10.2. The minimum absolute atomic E-state index is 0.208. The maximum Gasteiger partial charge on any atom is 0.251 e. The van der Waals surface area contributed by atoms with Crippen LogP contribution in [-0.2, 0) is 4.74 Å². The topological polar surface area (TPSA) is 38.3 Å². The van der Waals surface area contributed by atoms with E-state index >= 15 is 0 Å². The van der Waals surface area contributed by atoms with E-state index in [4.69, 9.17) is 4.74 Å². The molecule has 1 N–H and O–H groups in total. The summed E-state index contributed by atoms with van der Waals surface area (Å²) in [6, 6.07) is 5.44. The van der Waals surface area contributed by atoms with Crippen molar-refractivity contribution in [2.75, 3.05) is 13.2 Å². The molecule has 4 heteroatoms. The number of amides is 1. The second-order valence-electron chi connectivity index (χ2n) is 4.72. The van der Waals surface area contributed by atoms with Gasteiger partial charge >= 0.3 is 0 Å². The summed E-state index contributed by atoms with van der Waals surface area (Å²) in [6.45, 7) is 6.75. The van der Waals surface area contributed by atoms with E-state index in [0.29, 0.717) is 18.7 Å². The lowest BCUT2D eigenvalue weighted by Gasteiger charge is -2.19. The molecule has 0 bridgehead atoms. The molecule has 0 aliphatic rings. The Morgan fingerprint density at radius 3 is 2.41 bits per heavy atom. The van der Waals surface area contributed by atoms with Crippen molar-refractivity contribution in [2.45, 2.75) is 26.4 Å². The number of hydrogen-bond acceptors (Lipinski definition) is 2. The molecule has 1 aromatic carbocycles. The van der Waals surface area contributed by atoms with E-state index in [-0.39, 0.29) is 17.3 Å². The summed E-state index contributed by atoms with van der Waals surface area (Å²) < 4.78 is 18.1. The molecule has 0 saturated carbocycles. The summed E-state index contributed by atoms with van der Waals surface area (Å²) in [4.78, 5) is 11.6. The van der Waals surface area contributed by atoms with Gasteiger partial charge in [0.1, 0.15) is 5.82 Å².